The normalized spacial score (nSPS) is 26.8. The van der Waals surface area contributed by atoms with E-state index in [-0.39, 0.29) is 5.78 Å². The molecule has 0 spiro atoms. The van der Waals surface area contributed by atoms with Crippen LogP contribution in [-0.4, -0.2) is 53.8 Å². The molecule has 0 bridgehead atoms. The van der Waals surface area contributed by atoms with E-state index in [0.717, 1.165) is 35.7 Å². The molecule has 0 aliphatic carbocycles. The van der Waals surface area contributed by atoms with E-state index in [0.29, 0.717) is 12.5 Å². The minimum Gasteiger partial charge on any atom is -0.298 e. The van der Waals surface area contributed by atoms with E-state index >= 15 is 0 Å². The highest BCUT2D eigenvalue weighted by molar-refractivity contribution is 9.10. The topological polar surface area (TPSA) is 23.6 Å². The number of carbonyl (C=O) groups is 1. The molecule has 0 amide bonds. The third-order valence-electron chi connectivity index (χ3n) is 4.86. The van der Waals surface area contributed by atoms with Gasteiger partial charge in [0.1, 0.15) is 0 Å². The van der Waals surface area contributed by atoms with Crippen molar-refractivity contribution in [1.82, 2.24) is 9.80 Å². The second-order valence-corrected chi connectivity index (χ2v) is 7.23. The van der Waals surface area contributed by atoms with Gasteiger partial charge in [0.2, 0.25) is 0 Å². The van der Waals surface area contributed by atoms with E-state index in [1.54, 1.807) is 0 Å². The van der Waals surface area contributed by atoms with Crippen LogP contribution in [0.25, 0.3) is 0 Å². The van der Waals surface area contributed by atoms with Crippen LogP contribution in [0.5, 0.6) is 0 Å². The summed E-state index contributed by atoms with van der Waals surface area (Å²) < 4.78 is 1.02. The van der Waals surface area contributed by atoms with Crippen molar-refractivity contribution in [2.45, 2.75) is 38.3 Å². The fourth-order valence-electron chi connectivity index (χ4n) is 3.58. The van der Waals surface area contributed by atoms with Gasteiger partial charge in [-0.05, 0) is 38.4 Å². The number of fused-ring (bicyclic) bond motifs is 1. The molecule has 3 rings (SSSR count). The maximum atomic E-state index is 12.3. The van der Waals surface area contributed by atoms with Gasteiger partial charge in [-0.25, -0.2) is 0 Å². The molecule has 2 unspecified atom stereocenters. The molecule has 2 aliphatic rings. The predicted molar refractivity (Wildman–Crippen MR) is 88.7 cm³/mol. The fraction of sp³-hybridized carbons (Fsp3) is 0.588. The molecule has 0 radical (unpaired) electrons. The molecule has 2 atom stereocenters. The third kappa shape index (κ3) is 3.55. The van der Waals surface area contributed by atoms with Crippen LogP contribution in [-0.2, 0) is 0 Å². The lowest BCUT2D eigenvalue weighted by molar-refractivity contribution is 0.0567. The number of halogens is 1. The number of hydrogen-bond acceptors (Lipinski definition) is 3. The third-order valence-corrected chi connectivity index (χ3v) is 5.39. The first-order valence-corrected chi connectivity index (χ1v) is 8.69. The fourth-order valence-corrected chi connectivity index (χ4v) is 3.85. The molecule has 4 heteroatoms. The Labute approximate surface area is 135 Å². The second-order valence-electron chi connectivity index (χ2n) is 6.32. The number of benzene rings is 1. The average molecular weight is 351 g/mol. The van der Waals surface area contributed by atoms with Gasteiger partial charge < -0.3 is 0 Å². The van der Waals surface area contributed by atoms with Crippen LogP contribution in [0.1, 0.15) is 36.5 Å². The summed E-state index contributed by atoms with van der Waals surface area (Å²) in [5.74, 6) is 0.253. The number of nitrogens with zero attached hydrogens (tertiary/aromatic N) is 2. The first-order valence-electron chi connectivity index (χ1n) is 7.90. The Morgan fingerprint density at radius 2 is 2.05 bits per heavy atom. The van der Waals surface area contributed by atoms with E-state index in [2.05, 4.69) is 32.7 Å². The van der Waals surface area contributed by atoms with Gasteiger partial charge in [0.05, 0.1) is 0 Å². The summed E-state index contributed by atoms with van der Waals surface area (Å²) in [5, 5.41) is 0. The molecule has 21 heavy (non-hydrogen) atoms. The number of rotatable bonds is 4. The van der Waals surface area contributed by atoms with Crippen LogP contribution in [0.2, 0.25) is 0 Å². The van der Waals surface area contributed by atoms with E-state index in [4.69, 9.17) is 0 Å². The zero-order valence-corrected chi connectivity index (χ0v) is 14.2. The molecular formula is C17H23BrN2O. The van der Waals surface area contributed by atoms with Crippen molar-refractivity contribution >= 4 is 21.7 Å². The zero-order chi connectivity index (χ0) is 14.8. The van der Waals surface area contributed by atoms with Crippen LogP contribution in [0.15, 0.2) is 28.7 Å². The monoisotopic (exact) mass is 350 g/mol. The van der Waals surface area contributed by atoms with Crippen molar-refractivity contribution in [3.63, 3.8) is 0 Å². The van der Waals surface area contributed by atoms with Crippen molar-refractivity contribution < 1.29 is 4.79 Å². The van der Waals surface area contributed by atoms with E-state index < -0.39 is 0 Å². The summed E-state index contributed by atoms with van der Waals surface area (Å²) >= 11 is 3.41. The minimum absolute atomic E-state index is 0.253. The lowest BCUT2D eigenvalue weighted by Gasteiger charge is -2.42. The van der Waals surface area contributed by atoms with Crippen molar-refractivity contribution in [2.75, 3.05) is 26.2 Å². The summed E-state index contributed by atoms with van der Waals surface area (Å²) in [7, 11) is 0. The molecule has 0 saturated carbocycles. The van der Waals surface area contributed by atoms with E-state index in [1.807, 2.05) is 24.3 Å². The molecule has 1 aromatic rings. The Morgan fingerprint density at radius 3 is 2.81 bits per heavy atom. The Kier molecular flexibility index (Phi) is 4.77. The quantitative estimate of drug-likeness (QED) is 0.779. The number of carbonyl (C=O) groups excluding carboxylic acids is 1. The number of piperazine rings is 1. The van der Waals surface area contributed by atoms with Gasteiger partial charge in [-0.2, -0.15) is 0 Å². The number of hydrogen-bond donors (Lipinski definition) is 0. The first-order chi connectivity index (χ1) is 10.1. The standard InChI is InChI=1S/C17H23BrN2O/c1-13-11-20-9-2-3-16(20)12-19(13)10-8-17(21)14-4-6-15(18)7-5-14/h4-7,13,16H,2-3,8-12H2,1H3. The summed E-state index contributed by atoms with van der Waals surface area (Å²) in [5.41, 5.74) is 0.824. The highest BCUT2D eigenvalue weighted by Gasteiger charge is 2.34. The van der Waals surface area contributed by atoms with Crippen LogP contribution < -0.4 is 0 Å². The molecular weight excluding hydrogens is 328 g/mol. The van der Waals surface area contributed by atoms with Gasteiger partial charge in [0, 0.05) is 48.2 Å². The summed E-state index contributed by atoms with van der Waals surface area (Å²) in [6.45, 7) is 6.74. The lowest BCUT2D eigenvalue weighted by Crippen LogP contribution is -2.55. The Hall–Kier alpha value is -0.710. The zero-order valence-electron chi connectivity index (χ0n) is 12.6. The van der Waals surface area contributed by atoms with E-state index in [1.165, 1.54) is 19.4 Å². The molecule has 2 heterocycles. The molecule has 2 saturated heterocycles. The van der Waals surface area contributed by atoms with Crippen LogP contribution in [0.4, 0.5) is 0 Å². The number of Topliss-reactive ketones (excluding diaryl/α,β-unsaturated/α-hetero) is 1. The summed E-state index contributed by atoms with van der Waals surface area (Å²) in [4.78, 5) is 17.4. The van der Waals surface area contributed by atoms with E-state index in [9.17, 15) is 4.79 Å². The highest BCUT2D eigenvalue weighted by atomic mass is 79.9. The molecule has 0 N–H and O–H groups in total. The van der Waals surface area contributed by atoms with Gasteiger partial charge in [-0.3, -0.25) is 14.6 Å². The minimum atomic E-state index is 0.253. The van der Waals surface area contributed by atoms with Crippen molar-refractivity contribution in [3.8, 4) is 0 Å². The number of ketones is 1. The molecule has 3 nitrogen and oxygen atoms in total. The van der Waals surface area contributed by atoms with Gasteiger partial charge in [-0.15, -0.1) is 0 Å². The van der Waals surface area contributed by atoms with Gasteiger partial charge in [-0.1, -0.05) is 28.1 Å². The highest BCUT2D eigenvalue weighted by Crippen LogP contribution is 2.24. The van der Waals surface area contributed by atoms with Crippen molar-refractivity contribution in [2.24, 2.45) is 0 Å². The maximum absolute atomic E-state index is 12.3. The molecule has 0 aromatic heterocycles. The van der Waals surface area contributed by atoms with Gasteiger partial charge in [0.25, 0.3) is 0 Å². The van der Waals surface area contributed by atoms with Crippen LogP contribution in [0, 0.1) is 0 Å². The maximum Gasteiger partial charge on any atom is 0.164 e. The molecule has 1 aromatic carbocycles. The lowest BCUT2D eigenvalue weighted by atomic mass is 10.1. The summed E-state index contributed by atoms with van der Waals surface area (Å²) in [6.07, 6.45) is 3.28. The van der Waals surface area contributed by atoms with Gasteiger partial charge >= 0.3 is 0 Å². The molecule has 2 fully saturated rings. The smallest absolute Gasteiger partial charge is 0.164 e. The largest absolute Gasteiger partial charge is 0.298 e. The molecule has 2 aliphatic heterocycles. The Bertz CT molecular complexity index is 502. The van der Waals surface area contributed by atoms with Crippen molar-refractivity contribution in [1.29, 1.82) is 0 Å². The first kappa shape index (κ1) is 15.2. The van der Waals surface area contributed by atoms with Gasteiger partial charge in [0.15, 0.2) is 5.78 Å². The Morgan fingerprint density at radius 1 is 1.29 bits per heavy atom. The van der Waals surface area contributed by atoms with Crippen molar-refractivity contribution in [3.05, 3.63) is 34.3 Å². The second kappa shape index (κ2) is 6.59. The van der Waals surface area contributed by atoms with Crippen LogP contribution in [0.3, 0.4) is 0 Å². The average Bonchev–Trinajstić information content (AvgIpc) is 2.92. The predicted octanol–water partition coefficient (Wildman–Crippen LogP) is 3.19. The summed E-state index contributed by atoms with van der Waals surface area (Å²) in [6, 6.07) is 8.98. The Balaban J connectivity index is 1.54. The molecule has 114 valence electrons. The SMILES string of the molecule is CC1CN2CCCC2CN1CCC(=O)c1ccc(Br)cc1. The van der Waals surface area contributed by atoms with Crippen LogP contribution >= 0.6 is 15.9 Å².